The number of rotatable bonds is 6. The molecule has 1 atom stereocenters. The zero-order chi connectivity index (χ0) is 14.5. The summed E-state index contributed by atoms with van der Waals surface area (Å²) in [7, 11) is 0. The van der Waals surface area contributed by atoms with Gasteiger partial charge in [-0.2, -0.15) is 15.0 Å². The first-order chi connectivity index (χ1) is 10.4. The van der Waals surface area contributed by atoms with Gasteiger partial charge >= 0.3 is 0 Å². The van der Waals surface area contributed by atoms with Crippen molar-refractivity contribution < 1.29 is 4.74 Å². The Kier molecular flexibility index (Phi) is 4.46. The van der Waals surface area contributed by atoms with Crippen molar-refractivity contribution in [2.45, 2.75) is 32.2 Å². The van der Waals surface area contributed by atoms with Gasteiger partial charge in [0.05, 0.1) is 0 Å². The number of fused-ring (bicyclic) bond motifs is 1. The van der Waals surface area contributed by atoms with E-state index in [9.17, 15) is 0 Å². The monoisotopic (exact) mass is 282 g/mol. The van der Waals surface area contributed by atoms with Crippen LogP contribution in [0.2, 0.25) is 0 Å². The van der Waals surface area contributed by atoms with Crippen LogP contribution in [0.4, 0.5) is 0 Å². The van der Waals surface area contributed by atoms with Gasteiger partial charge in [-0.3, -0.25) is 0 Å². The molecular weight excluding hydrogens is 262 g/mol. The summed E-state index contributed by atoms with van der Waals surface area (Å²) in [5.74, 6) is 0. The zero-order valence-electron chi connectivity index (χ0n) is 12.3. The highest BCUT2D eigenvalue weighted by Crippen LogP contribution is 2.27. The Bertz CT molecular complexity index is 611. The Balaban J connectivity index is 1.74. The SMILES string of the molecule is CCCCCO[C]1C=CC=CC1n1nc2ccccc2n1. The van der Waals surface area contributed by atoms with Crippen LogP contribution in [0.15, 0.2) is 48.6 Å². The number of hydrogen-bond donors (Lipinski definition) is 0. The maximum absolute atomic E-state index is 5.93. The lowest BCUT2D eigenvalue weighted by molar-refractivity contribution is 0.128. The van der Waals surface area contributed by atoms with Gasteiger partial charge < -0.3 is 4.74 Å². The Morgan fingerprint density at radius 2 is 1.86 bits per heavy atom. The van der Waals surface area contributed by atoms with Crippen molar-refractivity contribution >= 4 is 11.0 Å². The minimum Gasteiger partial charge on any atom is -0.365 e. The standard InChI is InChI=1S/C17H20N3O/c1-2-3-8-13-21-17-12-7-6-11-16(17)20-18-14-9-4-5-10-15(14)19-20/h4-7,9-12,16H,2-3,8,13H2,1H3. The number of allylic oxidation sites excluding steroid dienone is 2. The third-order valence-corrected chi connectivity index (χ3v) is 3.52. The first-order valence-corrected chi connectivity index (χ1v) is 7.54. The van der Waals surface area contributed by atoms with Crippen LogP contribution in [-0.2, 0) is 4.74 Å². The summed E-state index contributed by atoms with van der Waals surface area (Å²) in [6, 6.07) is 7.85. The van der Waals surface area contributed by atoms with Gasteiger partial charge in [-0.15, -0.1) is 0 Å². The smallest absolute Gasteiger partial charge is 0.149 e. The summed E-state index contributed by atoms with van der Waals surface area (Å²) in [4.78, 5) is 1.74. The van der Waals surface area contributed by atoms with E-state index >= 15 is 0 Å². The van der Waals surface area contributed by atoms with Crippen LogP contribution in [0.1, 0.15) is 32.2 Å². The van der Waals surface area contributed by atoms with Crippen LogP contribution >= 0.6 is 0 Å². The van der Waals surface area contributed by atoms with E-state index in [0.717, 1.165) is 30.2 Å². The third kappa shape index (κ3) is 3.22. The second-order valence-corrected chi connectivity index (χ2v) is 5.16. The topological polar surface area (TPSA) is 39.9 Å². The fourth-order valence-electron chi connectivity index (χ4n) is 2.38. The summed E-state index contributed by atoms with van der Waals surface area (Å²) in [5, 5.41) is 9.10. The molecule has 1 heterocycles. The van der Waals surface area contributed by atoms with E-state index in [1.165, 1.54) is 12.8 Å². The first-order valence-electron chi connectivity index (χ1n) is 7.54. The number of hydrogen-bond acceptors (Lipinski definition) is 3. The molecule has 1 aromatic carbocycles. The average Bonchev–Trinajstić information content (AvgIpc) is 2.96. The van der Waals surface area contributed by atoms with Crippen molar-refractivity contribution in [3.8, 4) is 0 Å². The minimum absolute atomic E-state index is 0.0518. The number of benzene rings is 1. The lowest BCUT2D eigenvalue weighted by Gasteiger charge is -2.22. The van der Waals surface area contributed by atoms with Gasteiger partial charge in [0.25, 0.3) is 0 Å². The second-order valence-electron chi connectivity index (χ2n) is 5.16. The Labute approximate surface area is 125 Å². The van der Waals surface area contributed by atoms with E-state index in [4.69, 9.17) is 4.74 Å². The van der Waals surface area contributed by atoms with Crippen LogP contribution < -0.4 is 0 Å². The lowest BCUT2D eigenvalue weighted by atomic mass is 10.1. The maximum atomic E-state index is 5.93. The fraction of sp³-hybridized carbons (Fsp3) is 0.353. The van der Waals surface area contributed by atoms with Gasteiger partial charge in [0.15, 0.2) is 0 Å². The maximum Gasteiger partial charge on any atom is 0.149 e. The summed E-state index contributed by atoms with van der Waals surface area (Å²) in [6.45, 7) is 2.94. The molecule has 1 unspecified atom stereocenters. The quantitative estimate of drug-likeness (QED) is 0.756. The molecular formula is C17H20N3O. The van der Waals surface area contributed by atoms with Gasteiger partial charge in [-0.25, -0.2) is 0 Å². The van der Waals surface area contributed by atoms with E-state index in [0.29, 0.717) is 0 Å². The molecule has 0 N–H and O–H groups in total. The van der Waals surface area contributed by atoms with Crippen LogP contribution in [0.3, 0.4) is 0 Å². The molecule has 0 amide bonds. The number of nitrogens with zero attached hydrogens (tertiary/aromatic N) is 3. The van der Waals surface area contributed by atoms with Crippen LogP contribution in [0.25, 0.3) is 11.0 Å². The summed E-state index contributed by atoms with van der Waals surface area (Å²) >= 11 is 0. The highest BCUT2D eigenvalue weighted by atomic mass is 16.5. The normalized spacial score (nSPS) is 18.6. The van der Waals surface area contributed by atoms with Crippen molar-refractivity contribution in [2.75, 3.05) is 6.61 Å². The van der Waals surface area contributed by atoms with Crippen LogP contribution in [-0.4, -0.2) is 21.6 Å². The molecule has 1 aliphatic rings. The van der Waals surface area contributed by atoms with Crippen LogP contribution in [0, 0.1) is 6.10 Å². The average molecular weight is 282 g/mol. The van der Waals surface area contributed by atoms with Crippen molar-refractivity contribution in [3.63, 3.8) is 0 Å². The number of ether oxygens (including phenoxy) is 1. The number of aromatic nitrogens is 3. The molecule has 2 aromatic rings. The van der Waals surface area contributed by atoms with Gasteiger partial charge in [0, 0.05) is 6.61 Å². The summed E-state index contributed by atoms with van der Waals surface area (Å²) < 4.78 is 5.93. The van der Waals surface area contributed by atoms with Crippen LogP contribution in [0.5, 0.6) is 0 Å². The predicted molar refractivity (Wildman–Crippen MR) is 83.6 cm³/mol. The van der Waals surface area contributed by atoms with Crippen molar-refractivity contribution in [1.29, 1.82) is 0 Å². The van der Waals surface area contributed by atoms with Gasteiger partial charge in [-0.1, -0.05) is 50.1 Å². The molecule has 0 saturated heterocycles. The molecule has 3 rings (SSSR count). The molecule has 0 fully saturated rings. The van der Waals surface area contributed by atoms with E-state index in [1.54, 1.807) is 4.80 Å². The predicted octanol–water partition coefficient (Wildman–Crippen LogP) is 3.84. The molecule has 4 heteroatoms. The third-order valence-electron chi connectivity index (χ3n) is 3.52. The van der Waals surface area contributed by atoms with E-state index in [-0.39, 0.29) is 6.04 Å². The van der Waals surface area contributed by atoms with Crippen molar-refractivity contribution in [1.82, 2.24) is 15.0 Å². The highest BCUT2D eigenvalue weighted by molar-refractivity contribution is 5.73. The zero-order valence-corrected chi connectivity index (χ0v) is 12.3. The van der Waals surface area contributed by atoms with E-state index in [1.807, 2.05) is 42.5 Å². The molecule has 1 radical (unpaired) electrons. The van der Waals surface area contributed by atoms with Crippen molar-refractivity contribution in [3.05, 3.63) is 54.7 Å². The Hall–Kier alpha value is -1.94. The molecule has 1 aliphatic carbocycles. The fourth-order valence-corrected chi connectivity index (χ4v) is 2.38. The summed E-state index contributed by atoms with van der Waals surface area (Å²) in [5.41, 5.74) is 1.82. The van der Waals surface area contributed by atoms with Gasteiger partial charge in [0.1, 0.15) is 23.2 Å². The molecule has 0 saturated carbocycles. The molecule has 4 nitrogen and oxygen atoms in total. The Morgan fingerprint density at radius 1 is 1.10 bits per heavy atom. The molecule has 1 aromatic heterocycles. The molecule has 0 bridgehead atoms. The largest absolute Gasteiger partial charge is 0.365 e. The minimum atomic E-state index is -0.0518. The highest BCUT2D eigenvalue weighted by Gasteiger charge is 2.24. The van der Waals surface area contributed by atoms with E-state index in [2.05, 4.69) is 23.2 Å². The van der Waals surface area contributed by atoms with E-state index < -0.39 is 0 Å². The molecule has 0 aliphatic heterocycles. The van der Waals surface area contributed by atoms with Crippen molar-refractivity contribution in [2.24, 2.45) is 0 Å². The lowest BCUT2D eigenvalue weighted by Crippen LogP contribution is -2.21. The Morgan fingerprint density at radius 3 is 2.57 bits per heavy atom. The molecule has 0 spiro atoms. The number of unbranched alkanes of at least 4 members (excludes halogenated alkanes) is 2. The second kappa shape index (κ2) is 6.68. The summed E-state index contributed by atoms with van der Waals surface area (Å²) in [6.07, 6.45) is 12.5. The molecule has 109 valence electrons. The van der Waals surface area contributed by atoms with Gasteiger partial charge in [-0.05, 0) is 24.6 Å². The first kappa shape index (κ1) is 14.0. The van der Waals surface area contributed by atoms with Gasteiger partial charge in [0.2, 0.25) is 0 Å². The molecule has 21 heavy (non-hydrogen) atoms.